The van der Waals surface area contributed by atoms with E-state index in [0.29, 0.717) is 28.5 Å². The minimum atomic E-state index is -0.639. The smallest absolute Gasteiger partial charge is 0.341 e. The van der Waals surface area contributed by atoms with Crippen LogP contribution in [0.1, 0.15) is 0 Å². The molecule has 4 aromatic rings. The van der Waals surface area contributed by atoms with E-state index in [1.54, 1.807) is 42.7 Å². The van der Waals surface area contributed by atoms with Crippen molar-refractivity contribution in [1.82, 2.24) is 9.97 Å². The van der Waals surface area contributed by atoms with Crippen LogP contribution in [0.3, 0.4) is 0 Å². The van der Waals surface area contributed by atoms with E-state index in [4.69, 9.17) is 37.9 Å². The first-order valence-electron chi connectivity index (χ1n) is 16.6. The fourth-order valence-corrected chi connectivity index (χ4v) is 4.75. The molecule has 282 valence electrons. The number of ether oxygens (including phenoxy) is 8. The van der Waals surface area contributed by atoms with E-state index >= 15 is 0 Å². The van der Waals surface area contributed by atoms with Gasteiger partial charge in [-0.3, -0.25) is 0 Å². The monoisotopic (exact) mass is 738 g/mol. The first-order valence-corrected chi connectivity index (χ1v) is 16.6. The number of hydrogen-bond donors (Lipinski definition) is 0. The Hall–Kier alpha value is -6.15. The van der Waals surface area contributed by atoms with Crippen molar-refractivity contribution in [1.29, 1.82) is 0 Å². The van der Waals surface area contributed by atoms with Crippen LogP contribution in [-0.2, 0) is 38.1 Å². The summed E-state index contributed by atoms with van der Waals surface area (Å²) in [4.78, 5) is 45.7. The van der Waals surface area contributed by atoms with Crippen LogP contribution in [0.5, 0.6) is 17.2 Å². The van der Waals surface area contributed by atoms with Gasteiger partial charge in [0.2, 0.25) is 0 Å². The lowest BCUT2D eigenvalue weighted by molar-refractivity contribution is -0.141. The van der Waals surface area contributed by atoms with Crippen LogP contribution in [0.4, 0.5) is 0 Å². The summed E-state index contributed by atoms with van der Waals surface area (Å²) >= 11 is 0. The highest BCUT2D eigenvalue weighted by Gasteiger charge is 2.17. The van der Waals surface area contributed by atoms with Gasteiger partial charge in [-0.15, -0.1) is 0 Å². The standard InChI is InChI=1S/C41H42N2O11/c1-27(24-47-4)39(44)52-19-17-50-34-12-7-30(8-13-34)32-11-16-36(37(21-32)54-41(46)29(3)26-49-6)33-22-42-38(43-23-33)31-9-14-35(15-10-31)51-18-20-53-40(45)28(2)25-48-5/h7-16,21-23H,1-3,17-20,24-26H2,4-6H3. The third-order valence-electron chi connectivity index (χ3n) is 7.44. The summed E-state index contributed by atoms with van der Waals surface area (Å²) in [5.74, 6) is 0.187. The Kier molecular flexibility index (Phi) is 15.6. The molecule has 0 fully saturated rings. The van der Waals surface area contributed by atoms with E-state index in [9.17, 15) is 14.4 Å². The lowest BCUT2D eigenvalue weighted by atomic mass is 10.0. The van der Waals surface area contributed by atoms with E-state index in [2.05, 4.69) is 29.7 Å². The van der Waals surface area contributed by atoms with Gasteiger partial charge >= 0.3 is 17.9 Å². The van der Waals surface area contributed by atoms with Gasteiger partial charge in [-0.25, -0.2) is 24.4 Å². The molecule has 1 aromatic heterocycles. The second-order valence-corrected chi connectivity index (χ2v) is 11.5. The van der Waals surface area contributed by atoms with Crippen molar-refractivity contribution in [3.05, 3.63) is 116 Å². The number of benzene rings is 3. The molecule has 1 heterocycles. The Morgan fingerprint density at radius 2 is 0.981 bits per heavy atom. The van der Waals surface area contributed by atoms with Crippen LogP contribution in [0, 0.1) is 0 Å². The zero-order valence-electron chi connectivity index (χ0n) is 30.5. The van der Waals surface area contributed by atoms with Crippen molar-refractivity contribution in [3.8, 4) is 50.9 Å². The summed E-state index contributed by atoms with van der Waals surface area (Å²) in [7, 11) is 4.41. The van der Waals surface area contributed by atoms with Gasteiger partial charge in [0.25, 0.3) is 0 Å². The lowest BCUT2D eigenvalue weighted by Gasteiger charge is -2.14. The first kappa shape index (κ1) is 40.6. The molecule has 0 aliphatic carbocycles. The number of hydrogen-bond acceptors (Lipinski definition) is 13. The largest absolute Gasteiger partial charge is 0.490 e. The second kappa shape index (κ2) is 20.8. The van der Waals surface area contributed by atoms with Gasteiger partial charge < -0.3 is 37.9 Å². The minimum Gasteiger partial charge on any atom is -0.490 e. The van der Waals surface area contributed by atoms with Crippen molar-refractivity contribution in [2.45, 2.75) is 0 Å². The molecular formula is C41H42N2O11. The predicted octanol–water partition coefficient (Wildman–Crippen LogP) is 5.83. The highest BCUT2D eigenvalue weighted by Crippen LogP contribution is 2.35. The SMILES string of the molecule is C=C(COC)C(=O)OCCOc1ccc(-c2ccc(-c3cnc(-c4ccc(OCCOC(=O)C(=C)COC)cc4)nc3)c(OC(=O)C(=C)COC)c2)cc1. The molecule has 0 radical (unpaired) electrons. The molecule has 0 spiro atoms. The summed E-state index contributed by atoms with van der Waals surface area (Å²) in [5.41, 5.74) is 4.15. The Morgan fingerprint density at radius 3 is 1.46 bits per heavy atom. The molecule has 0 aliphatic heterocycles. The normalized spacial score (nSPS) is 10.6. The van der Waals surface area contributed by atoms with Crippen LogP contribution in [0.25, 0.3) is 33.6 Å². The van der Waals surface area contributed by atoms with E-state index in [-0.39, 0.29) is 68.7 Å². The summed E-state index contributed by atoms with van der Waals surface area (Å²) in [5, 5.41) is 0. The molecule has 0 amide bonds. The van der Waals surface area contributed by atoms with Gasteiger partial charge in [0.15, 0.2) is 5.82 Å². The maximum absolute atomic E-state index is 12.9. The zero-order chi connectivity index (χ0) is 38.9. The molecule has 0 aliphatic rings. The van der Waals surface area contributed by atoms with Crippen molar-refractivity contribution in [2.75, 3.05) is 67.6 Å². The fraction of sp³-hybridized carbons (Fsp3) is 0.244. The summed E-state index contributed by atoms with van der Waals surface area (Å²) in [6.07, 6.45) is 3.29. The molecule has 4 rings (SSSR count). The van der Waals surface area contributed by atoms with Crippen molar-refractivity contribution in [3.63, 3.8) is 0 Å². The average Bonchev–Trinajstić information content (AvgIpc) is 3.18. The molecule has 13 nitrogen and oxygen atoms in total. The molecule has 3 aromatic carbocycles. The van der Waals surface area contributed by atoms with Crippen molar-refractivity contribution in [2.24, 2.45) is 0 Å². The summed E-state index contributed by atoms with van der Waals surface area (Å²) in [6, 6.07) is 19.9. The summed E-state index contributed by atoms with van der Waals surface area (Å²) < 4.78 is 42.3. The molecule has 0 unspecified atom stereocenters. The Morgan fingerprint density at radius 1 is 0.537 bits per heavy atom. The van der Waals surface area contributed by atoms with Gasteiger partial charge in [0.05, 0.1) is 36.5 Å². The topological polar surface area (TPSA) is 151 Å². The second-order valence-electron chi connectivity index (χ2n) is 11.5. The fourth-order valence-electron chi connectivity index (χ4n) is 4.75. The first-order chi connectivity index (χ1) is 26.1. The zero-order valence-corrected chi connectivity index (χ0v) is 30.5. The number of rotatable bonds is 21. The molecular weight excluding hydrogens is 696 g/mol. The third kappa shape index (κ3) is 12.0. The van der Waals surface area contributed by atoms with Crippen molar-refractivity contribution < 1.29 is 52.3 Å². The van der Waals surface area contributed by atoms with Crippen LogP contribution in [0.2, 0.25) is 0 Å². The van der Waals surface area contributed by atoms with Gasteiger partial charge in [0, 0.05) is 50.4 Å². The number of methoxy groups -OCH3 is 3. The molecule has 0 saturated heterocycles. The maximum atomic E-state index is 12.9. The number of aromatic nitrogens is 2. The van der Waals surface area contributed by atoms with Gasteiger partial charge in [-0.2, -0.15) is 0 Å². The molecule has 13 heteroatoms. The van der Waals surface area contributed by atoms with Gasteiger partial charge in [0.1, 0.15) is 43.7 Å². The molecule has 54 heavy (non-hydrogen) atoms. The van der Waals surface area contributed by atoms with Crippen molar-refractivity contribution >= 4 is 17.9 Å². The van der Waals surface area contributed by atoms with Gasteiger partial charge in [-0.05, 0) is 59.7 Å². The highest BCUT2D eigenvalue weighted by molar-refractivity contribution is 5.91. The van der Waals surface area contributed by atoms with Crippen LogP contribution in [0.15, 0.2) is 116 Å². The molecule has 0 bridgehead atoms. The van der Waals surface area contributed by atoms with E-state index in [1.165, 1.54) is 21.3 Å². The molecule has 0 atom stereocenters. The quantitative estimate of drug-likeness (QED) is 0.0437. The predicted molar refractivity (Wildman–Crippen MR) is 200 cm³/mol. The Labute approximate surface area is 313 Å². The number of carbonyl (C=O) groups is 3. The van der Waals surface area contributed by atoms with Crippen LogP contribution >= 0.6 is 0 Å². The minimum absolute atomic E-state index is 0.0105. The lowest BCUT2D eigenvalue weighted by Crippen LogP contribution is -2.15. The van der Waals surface area contributed by atoms with E-state index in [0.717, 1.165) is 16.7 Å². The van der Waals surface area contributed by atoms with Crippen LogP contribution < -0.4 is 14.2 Å². The van der Waals surface area contributed by atoms with E-state index in [1.807, 2.05) is 36.4 Å². The van der Waals surface area contributed by atoms with Gasteiger partial charge in [-0.1, -0.05) is 37.9 Å². The highest BCUT2D eigenvalue weighted by atomic mass is 16.6. The average molecular weight is 739 g/mol. The van der Waals surface area contributed by atoms with Crippen LogP contribution in [-0.4, -0.2) is 95.5 Å². The summed E-state index contributed by atoms with van der Waals surface area (Å²) in [6.45, 7) is 11.6. The number of nitrogens with zero attached hydrogens (tertiary/aromatic N) is 2. The number of esters is 3. The van der Waals surface area contributed by atoms with E-state index < -0.39 is 17.9 Å². The molecule has 0 saturated carbocycles. The number of carbonyl (C=O) groups excluding carboxylic acids is 3. The third-order valence-corrected chi connectivity index (χ3v) is 7.44. The Bertz CT molecular complexity index is 1920. The maximum Gasteiger partial charge on any atom is 0.341 e. The molecule has 0 N–H and O–H groups in total. The Balaban J connectivity index is 1.43.